The summed E-state index contributed by atoms with van der Waals surface area (Å²) < 4.78 is 9.83. The van der Waals surface area contributed by atoms with Crippen molar-refractivity contribution in [3.63, 3.8) is 0 Å². The topological polar surface area (TPSA) is 127 Å². The second-order valence-corrected chi connectivity index (χ2v) is 4.91. The lowest BCUT2D eigenvalue weighted by Gasteiger charge is -2.06. The number of nitrogens with one attached hydrogen (secondary N) is 1. The highest BCUT2D eigenvalue weighted by molar-refractivity contribution is 7.17. The maximum Gasteiger partial charge on any atom is 0.343 e. The van der Waals surface area contributed by atoms with Crippen LogP contribution in [0.1, 0.15) is 28.0 Å². The van der Waals surface area contributed by atoms with Gasteiger partial charge in [-0.25, -0.2) is 4.79 Å². The Bertz CT molecular complexity index is 659. The van der Waals surface area contributed by atoms with E-state index in [-0.39, 0.29) is 22.7 Å². The fraction of sp³-hybridized carbons (Fsp3) is 0.333. The summed E-state index contributed by atoms with van der Waals surface area (Å²) in [5.41, 5.74) is 6.16. The van der Waals surface area contributed by atoms with Gasteiger partial charge in [-0.2, -0.15) is 10.2 Å². The van der Waals surface area contributed by atoms with Crippen molar-refractivity contribution >= 4 is 28.0 Å². The molecule has 2 aromatic rings. The summed E-state index contributed by atoms with van der Waals surface area (Å²) >= 11 is 1.11. The number of nitrogens with zero attached hydrogens (tertiary/aromatic N) is 3. The minimum Gasteiger partial charge on any atom is -0.462 e. The lowest BCUT2D eigenvalue weighted by Crippen LogP contribution is -2.11. The van der Waals surface area contributed by atoms with Crippen LogP contribution in [-0.2, 0) is 11.2 Å². The van der Waals surface area contributed by atoms with Gasteiger partial charge in [0.15, 0.2) is 6.33 Å². The number of rotatable bonds is 6. The summed E-state index contributed by atoms with van der Waals surface area (Å²) in [6, 6.07) is 1.96. The molecule has 0 unspecified atom stereocenters. The first kappa shape index (κ1) is 14.8. The fourth-order valence-corrected chi connectivity index (χ4v) is 2.58. The number of hydrogen-bond acceptors (Lipinski definition) is 9. The highest BCUT2D eigenvalue weighted by Crippen LogP contribution is 2.35. The van der Waals surface area contributed by atoms with Gasteiger partial charge in [-0.15, -0.1) is 11.3 Å². The largest absolute Gasteiger partial charge is 0.462 e. The van der Waals surface area contributed by atoms with E-state index in [2.05, 4.69) is 15.5 Å². The van der Waals surface area contributed by atoms with Crippen LogP contribution < -0.4 is 11.1 Å². The zero-order chi connectivity index (χ0) is 15.2. The molecule has 21 heavy (non-hydrogen) atoms. The van der Waals surface area contributed by atoms with E-state index in [0.717, 1.165) is 11.3 Å². The number of nitrogens with two attached hydrogens (primary N) is 1. The standard InChI is InChI=1S/C12H13N5O3S/c1-2-19-12(18)9-10(14)7(5-13)21-11(9)15-4-3-8-16-6-17-20-8/h6,15H,2-4,14H2,1H3. The van der Waals surface area contributed by atoms with E-state index in [1.807, 2.05) is 6.07 Å². The Morgan fingerprint density at radius 2 is 2.48 bits per heavy atom. The first-order valence-electron chi connectivity index (χ1n) is 6.16. The maximum atomic E-state index is 11.9. The van der Waals surface area contributed by atoms with Crippen molar-refractivity contribution in [1.82, 2.24) is 10.1 Å². The van der Waals surface area contributed by atoms with E-state index in [4.69, 9.17) is 20.3 Å². The SMILES string of the molecule is CCOC(=O)c1c(NCCc2ncno2)sc(C#N)c1N. The lowest BCUT2D eigenvalue weighted by atomic mass is 10.2. The monoisotopic (exact) mass is 307 g/mol. The van der Waals surface area contributed by atoms with Gasteiger partial charge < -0.3 is 20.3 Å². The Kier molecular flexibility index (Phi) is 4.73. The molecular weight excluding hydrogens is 294 g/mol. The van der Waals surface area contributed by atoms with Crippen LogP contribution in [0, 0.1) is 11.3 Å². The molecular formula is C12H13N5O3S. The number of carbonyl (C=O) groups excluding carboxylic acids is 1. The number of carbonyl (C=O) groups is 1. The molecule has 0 aliphatic rings. The molecule has 0 aliphatic carbocycles. The third-order valence-electron chi connectivity index (χ3n) is 2.56. The van der Waals surface area contributed by atoms with Gasteiger partial charge >= 0.3 is 5.97 Å². The Labute approximate surface area is 124 Å². The van der Waals surface area contributed by atoms with Crippen molar-refractivity contribution in [1.29, 1.82) is 5.26 Å². The number of hydrogen-bond donors (Lipinski definition) is 2. The van der Waals surface area contributed by atoms with Crippen molar-refractivity contribution in [3.05, 3.63) is 22.7 Å². The van der Waals surface area contributed by atoms with Crippen LogP contribution >= 0.6 is 11.3 Å². The Hall–Kier alpha value is -2.60. The van der Waals surface area contributed by atoms with Crippen LogP contribution in [-0.4, -0.2) is 29.3 Å². The van der Waals surface area contributed by atoms with Crippen molar-refractivity contribution in [3.8, 4) is 6.07 Å². The van der Waals surface area contributed by atoms with Crippen LogP contribution in [0.5, 0.6) is 0 Å². The predicted molar refractivity (Wildman–Crippen MR) is 75.9 cm³/mol. The van der Waals surface area contributed by atoms with Gasteiger partial charge in [-0.05, 0) is 6.92 Å². The molecule has 0 aliphatic heterocycles. The molecule has 9 heteroatoms. The second-order valence-electron chi connectivity index (χ2n) is 3.89. The van der Waals surface area contributed by atoms with Gasteiger partial charge in [-0.3, -0.25) is 0 Å². The van der Waals surface area contributed by atoms with Crippen molar-refractivity contribution in [2.75, 3.05) is 24.2 Å². The summed E-state index contributed by atoms with van der Waals surface area (Å²) in [4.78, 5) is 16.1. The van der Waals surface area contributed by atoms with Crippen LogP contribution in [0.2, 0.25) is 0 Å². The number of thiophene rings is 1. The molecule has 2 rings (SSSR count). The molecule has 0 spiro atoms. The van der Waals surface area contributed by atoms with E-state index in [9.17, 15) is 4.79 Å². The average Bonchev–Trinajstić information content (AvgIpc) is 3.07. The smallest absolute Gasteiger partial charge is 0.343 e. The van der Waals surface area contributed by atoms with Crippen LogP contribution in [0.4, 0.5) is 10.7 Å². The highest BCUT2D eigenvalue weighted by Gasteiger charge is 2.23. The summed E-state index contributed by atoms with van der Waals surface area (Å²) in [7, 11) is 0. The Balaban J connectivity index is 2.13. The zero-order valence-electron chi connectivity index (χ0n) is 11.3. The number of esters is 1. The molecule has 0 bridgehead atoms. The van der Waals surface area contributed by atoms with Crippen molar-refractivity contribution in [2.24, 2.45) is 0 Å². The van der Waals surface area contributed by atoms with Gasteiger partial charge in [0, 0.05) is 13.0 Å². The number of nitriles is 1. The van der Waals surface area contributed by atoms with E-state index in [1.165, 1.54) is 6.33 Å². The normalized spacial score (nSPS) is 10.1. The van der Waals surface area contributed by atoms with Gasteiger partial charge in [0.05, 0.1) is 12.3 Å². The van der Waals surface area contributed by atoms with Crippen LogP contribution in [0.25, 0.3) is 0 Å². The van der Waals surface area contributed by atoms with Gasteiger partial charge in [0.2, 0.25) is 5.89 Å². The molecule has 0 radical (unpaired) electrons. The lowest BCUT2D eigenvalue weighted by molar-refractivity contribution is 0.0529. The molecule has 0 amide bonds. The van der Waals surface area contributed by atoms with Gasteiger partial charge in [0.25, 0.3) is 0 Å². The molecule has 8 nitrogen and oxygen atoms in total. The van der Waals surface area contributed by atoms with Gasteiger partial charge in [0.1, 0.15) is 21.5 Å². The Morgan fingerprint density at radius 1 is 1.67 bits per heavy atom. The van der Waals surface area contributed by atoms with Crippen LogP contribution in [0.15, 0.2) is 10.9 Å². The molecule has 2 aromatic heterocycles. The molecule has 0 fully saturated rings. The molecule has 110 valence electrons. The minimum absolute atomic E-state index is 0.140. The quantitative estimate of drug-likeness (QED) is 0.767. The van der Waals surface area contributed by atoms with Gasteiger partial charge in [-0.1, -0.05) is 5.16 Å². The number of aromatic nitrogens is 2. The molecule has 0 saturated carbocycles. The van der Waals surface area contributed by atoms with E-state index in [1.54, 1.807) is 6.92 Å². The summed E-state index contributed by atoms with van der Waals surface area (Å²) in [6.45, 7) is 2.39. The van der Waals surface area contributed by atoms with Crippen molar-refractivity contribution < 1.29 is 14.1 Å². The molecule has 0 atom stereocenters. The average molecular weight is 307 g/mol. The second kappa shape index (κ2) is 6.71. The predicted octanol–water partition coefficient (Wildman–Crippen LogP) is 1.42. The third kappa shape index (κ3) is 3.29. The fourth-order valence-electron chi connectivity index (χ4n) is 1.65. The maximum absolute atomic E-state index is 11.9. The van der Waals surface area contributed by atoms with E-state index >= 15 is 0 Å². The third-order valence-corrected chi connectivity index (χ3v) is 3.63. The summed E-state index contributed by atoms with van der Waals surface area (Å²) in [5, 5.41) is 16.1. The van der Waals surface area contributed by atoms with Crippen molar-refractivity contribution in [2.45, 2.75) is 13.3 Å². The molecule has 0 saturated heterocycles. The van der Waals surface area contributed by atoms with Crippen LogP contribution in [0.3, 0.4) is 0 Å². The molecule has 3 N–H and O–H groups in total. The first-order valence-corrected chi connectivity index (χ1v) is 6.97. The number of ether oxygens (including phenoxy) is 1. The molecule has 0 aromatic carbocycles. The first-order chi connectivity index (χ1) is 10.2. The van der Waals surface area contributed by atoms with E-state index < -0.39 is 5.97 Å². The summed E-state index contributed by atoms with van der Waals surface area (Å²) in [6.07, 6.45) is 1.80. The zero-order valence-corrected chi connectivity index (χ0v) is 12.1. The Morgan fingerprint density at radius 3 is 3.10 bits per heavy atom. The molecule has 2 heterocycles. The van der Waals surface area contributed by atoms with E-state index in [0.29, 0.717) is 23.9 Å². The minimum atomic E-state index is -0.548. The number of anilines is 2. The highest BCUT2D eigenvalue weighted by atomic mass is 32.1. The number of nitrogen functional groups attached to an aromatic ring is 1. The summed E-state index contributed by atoms with van der Waals surface area (Å²) in [5.74, 6) is -0.0711.